The zero-order valence-electron chi connectivity index (χ0n) is 21.6. The van der Waals surface area contributed by atoms with Crippen molar-refractivity contribution in [1.29, 1.82) is 0 Å². The monoisotopic (exact) mass is 524 g/mol. The minimum Gasteiger partial charge on any atom is -0.497 e. The molecule has 0 spiro atoms. The molecule has 1 unspecified atom stereocenters. The van der Waals surface area contributed by atoms with Crippen LogP contribution in [0.15, 0.2) is 71.6 Å². The Hall–Kier alpha value is -3.72. The first-order valence-electron chi connectivity index (χ1n) is 11.9. The van der Waals surface area contributed by atoms with Gasteiger partial charge in [-0.3, -0.25) is 9.10 Å². The van der Waals surface area contributed by atoms with E-state index in [1.807, 2.05) is 32.9 Å². The number of sulfonamides is 1. The Labute approximate surface area is 218 Å². The fourth-order valence-electron chi connectivity index (χ4n) is 4.38. The number of hydrogen-bond donors (Lipinski definition) is 1. The molecule has 1 heterocycles. The summed E-state index contributed by atoms with van der Waals surface area (Å²) in [6, 6.07) is 18.3. The standard InChI is InChI=1S/C28H32N2O6S/c1-19-9-12-23(13-10-19)37(32,33)30(20-7-6-8-21(15-20)34-4)18-27(31)29-25-17-28(2,3)36-26-16-22(35-5)11-14-24(25)26/h6-16,25H,17-18H2,1-5H3,(H,29,31). The van der Waals surface area contributed by atoms with Crippen LogP contribution in [0.2, 0.25) is 0 Å². The van der Waals surface area contributed by atoms with Crippen LogP contribution in [0, 0.1) is 6.92 Å². The second-order valence-corrected chi connectivity index (χ2v) is 11.5. The Balaban J connectivity index is 1.66. The highest BCUT2D eigenvalue weighted by molar-refractivity contribution is 7.92. The van der Waals surface area contributed by atoms with Crippen LogP contribution >= 0.6 is 0 Å². The smallest absolute Gasteiger partial charge is 0.264 e. The third-order valence-electron chi connectivity index (χ3n) is 6.25. The van der Waals surface area contributed by atoms with Gasteiger partial charge in [-0.05, 0) is 57.2 Å². The van der Waals surface area contributed by atoms with Crippen molar-refractivity contribution in [3.05, 3.63) is 77.9 Å². The van der Waals surface area contributed by atoms with Crippen molar-refractivity contribution in [2.24, 2.45) is 0 Å². The van der Waals surface area contributed by atoms with Crippen molar-refractivity contribution in [3.63, 3.8) is 0 Å². The van der Waals surface area contributed by atoms with E-state index in [2.05, 4.69) is 5.32 Å². The number of nitrogens with one attached hydrogen (secondary N) is 1. The molecule has 0 aromatic heterocycles. The van der Waals surface area contributed by atoms with E-state index in [0.717, 1.165) is 15.4 Å². The molecule has 1 N–H and O–H groups in total. The minimum absolute atomic E-state index is 0.0957. The number of methoxy groups -OCH3 is 2. The van der Waals surface area contributed by atoms with E-state index in [-0.39, 0.29) is 10.9 Å². The third kappa shape index (κ3) is 5.83. The van der Waals surface area contributed by atoms with Crippen molar-refractivity contribution in [2.75, 3.05) is 25.1 Å². The van der Waals surface area contributed by atoms with Gasteiger partial charge in [0, 0.05) is 24.1 Å². The molecule has 0 fully saturated rings. The quantitative estimate of drug-likeness (QED) is 0.462. The normalized spacial score (nSPS) is 16.2. The summed E-state index contributed by atoms with van der Waals surface area (Å²) in [7, 11) is -0.964. The number of anilines is 1. The summed E-state index contributed by atoms with van der Waals surface area (Å²) in [5.41, 5.74) is 1.52. The molecular formula is C28H32N2O6S. The Bertz CT molecular complexity index is 1390. The average molecular weight is 525 g/mol. The molecule has 0 saturated carbocycles. The molecule has 9 heteroatoms. The van der Waals surface area contributed by atoms with E-state index in [1.165, 1.54) is 7.11 Å². The SMILES string of the molecule is COc1cccc(N(CC(=O)NC2CC(C)(C)Oc3cc(OC)ccc32)S(=O)(=O)c2ccc(C)cc2)c1. The van der Waals surface area contributed by atoms with E-state index in [4.69, 9.17) is 14.2 Å². The number of benzene rings is 3. The number of rotatable bonds is 8. The Kier molecular flexibility index (Phi) is 7.36. The molecule has 0 saturated heterocycles. The second-order valence-electron chi connectivity index (χ2n) is 9.62. The highest BCUT2D eigenvalue weighted by Crippen LogP contribution is 2.41. The van der Waals surface area contributed by atoms with Crippen LogP contribution in [-0.4, -0.2) is 40.7 Å². The van der Waals surface area contributed by atoms with Gasteiger partial charge in [-0.15, -0.1) is 0 Å². The summed E-state index contributed by atoms with van der Waals surface area (Å²) < 4.78 is 45.3. The summed E-state index contributed by atoms with van der Waals surface area (Å²) in [5, 5.41) is 3.03. The molecule has 1 aliphatic rings. The molecule has 0 bridgehead atoms. The first kappa shape index (κ1) is 26.3. The van der Waals surface area contributed by atoms with Gasteiger partial charge in [-0.2, -0.15) is 0 Å². The Morgan fingerprint density at radius 3 is 2.38 bits per heavy atom. The summed E-state index contributed by atoms with van der Waals surface area (Å²) >= 11 is 0. The predicted octanol–water partition coefficient (Wildman–Crippen LogP) is 4.63. The van der Waals surface area contributed by atoms with Gasteiger partial charge in [-0.1, -0.05) is 23.8 Å². The van der Waals surface area contributed by atoms with Crippen molar-refractivity contribution < 1.29 is 27.4 Å². The van der Waals surface area contributed by atoms with Crippen LogP contribution in [0.25, 0.3) is 0 Å². The molecule has 196 valence electrons. The maximum Gasteiger partial charge on any atom is 0.264 e. The van der Waals surface area contributed by atoms with Gasteiger partial charge in [0.2, 0.25) is 5.91 Å². The summed E-state index contributed by atoms with van der Waals surface area (Å²) in [6.45, 7) is 5.36. The predicted molar refractivity (Wildman–Crippen MR) is 142 cm³/mol. The lowest BCUT2D eigenvalue weighted by Gasteiger charge is -2.38. The average Bonchev–Trinajstić information content (AvgIpc) is 2.86. The van der Waals surface area contributed by atoms with Gasteiger partial charge in [0.25, 0.3) is 10.0 Å². The lowest BCUT2D eigenvalue weighted by Crippen LogP contribution is -2.45. The van der Waals surface area contributed by atoms with E-state index < -0.39 is 28.1 Å². The first-order valence-corrected chi connectivity index (χ1v) is 13.4. The molecule has 0 radical (unpaired) electrons. The van der Waals surface area contributed by atoms with E-state index in [0.29, 0.717) is 29.4 Å². The van der Waals surface area contributed by atoms with Gasteiger partial charge in [0.05, 0.1) is 30.8 Å². The molecule has 8 nitrogen and oxygen atoms in total. The Morgan fingerprint density at radius 2 is 1.70 bits per heavy atom. The van der Waals surface area contributed by atoms with E-state index in [9.17, 15) is 13.2 Å². The molecule has 4 rings (SSSR count). The molecule has 1 amide bonds. The number of amides is 1. The summed E-state index contributed by atoms with van der Waals surface area (Å²) in [6.07, 6.45) is 0.516. The first-order chi connectivity index (χ1) is 17.5. The molecule has 1 aliphatic heterocycles. The van der Waals surface area contributed by atoms with E-state index in [1.54, 1.807) is 61.7 Å². The topological polar surface area (TPSA) is 94.2 Å². The third-order valence-corrected chi connectivity index (χ3v) is 8.04. The summed E-state index contributed by atoms with van der Waals surface area (Å²) in [4.78, 5) is 13.5. The number of carbonyl (C=O) groups is 1. The van der Waals surface area contributed by atoms with Crippen molar-refractivity contribution >= 4 is 21.6 Å². The molecule has 3 aromatic carbocycles. The number of fused-ring (bicyclic) bond motifs is 1. The van der Waals surface area contributed by atoms with Crippen LogP contribution in [-0.2, 0) is 14.8 Å². The van der Waals surface area contributed by atoms with Gasteiger partial charge in [0.1, 0.15) is 29.4 Å². The molecule has 1 atom stereocenters. The number of ether oxygens (including phenoxy) is 3. The van der Waals surface area contributed by atoms with Gasteiger partial charge >= 0.3 is 0 Å². The largest absolute Gasteiger partial charge is 0.497 e. The number of nitrogens with zero attached hydrogens (tertiary/aromatic N) is 1. The zero-order chi connectivity index (χ0) is 26.8. The lowest BCUT2D eigenvalue weighted by molar-refractivity contribution is -0.120. The Morgan fingerprint density at radius 1 is 1.03 bits per heavy atom. The number of carbonyl (C=O) groups excluding carboxylic acids is 1. The van der Waals surface area contributed by atoms with Crippen LogP contribution < -0.4 is 23.8 Å². The van der Waals surface area contributed by atoms with Crippen molar-refractivity contribution in [2.45, 2.75) is 43.7 Å². The van der Waals surface area contributed by atoms with Crippen LogP contribution in [0.4, 0.5) is 5.69 Å². The van der Waals surface area contributed by atoms with Crippen molar-refractivity contribution in [1.82, 2.24) is 5.32 Å². The maximum atomic E-state index is 13.7. The fourth-order valence-corrected chi connectivity index (χ4v) is 5.79. The molecule has 37 heavy (non-hydrogen) atoms. The zero-order valence-corrected chi connectivity index (χ0v) is 22.5. The highest BCUT2D eigenvalue weighted by Gasteiger charge is 2.36. The minimum atomic E-state index is -4.05. The fraction of sp³-hybridized carbons (Fsp3) is 0.321. The second kappa shape index (κ2) is 10.3. The maximum absolute atomic E-state index is 13.7. The molecular weight excluding hydrogens is 492 g/mol. The van der Waals surface area contributed by atoms with Gasteiger partial charge in [0.15, 0.2) is 0 Å². The summed E-state index contributed by atoms with van der Waals surface area (Å²) in [5.74, 6) is 1.31. The van der Waals surface area contributed by atoms with Gasteiger partial charge in [-0.25, -0.2) is 8.42 Å². The molecule has 3 aromatic rings. The van der Waals surface area contributed by atoms with Crippen molar-refractivity contribution in [3.8, 4) is 17.2 Å². The van der Waals surface area contributed by atoms with E-state index >= 15 is 0 Å². The highest BCUT2D eigenvalue weighted by atomic mass is 32.2. The van der Waals surface area contributed by atoms with Crippen LogP contribution in [0.5, 0.6) is 17.2 Å². The van der Waals surface area contributed by atoms with Crippen LogP contribution in [0.1, 0.15) is 37.4 Å². The van der Waals surface area contributed by atoms with Gasteiger partial charge < -0.3 is 19.5 Å². The number of aryl methyl sites for hydroxylation is 1. The molecule has 0 aliphatic carbocycles. The van der Waals surface area contributed by atoms with Crippen LogP contribution in [0.3, 0.4) is 0 Å². The number of hydrogen-bond acceptors (Lipinski definition) is 6. The lowest BCUT2D eigenvalue weighted by atomic mass is 9.89.